The van der Waals surface area contributed by atoms with Gasteiger partial charge in [-0.25, -0.2) is 4.98 Å². The van der Waals surface area contributed by atoms with Gasteiger partial charge in [0.2, 0.25) is 0 Å². The van der Waals surface area contributed by atoms with E-state index >= 15 is 0 Å². The minimum absolute atomic E-state index is 0.0177. The zero-order valence-electron chi connectivity index (χ0n) is 9.84. The number of rotatable bonds is 2. The molecule has 2 N–H and O–H groups in total. The Morgan fingerprint density at radius 1 is 1.65 bits per heavy atom. The molecule has 2 atom stereocenters. The second kappa shape index (κ2) is 5.13. The third-order valence-corrected chi connectivity index (χ3v) is 2.91. The van der Waals surface area contributed by atoms with Gasteiger partial charge in [-0.1, -0.05) is 0 Å². The lowest BCUT2D eigenvalue weighted by Gasteiger charge is -2.35. The summed E-state index contributed by atoms with van der Waals surface area (Å²) >= 11 is 0. The van der Waals surface area contributed by atoms with Crippen LogP contribution in [0.25, 0.3) is 0 Å². The molecule has 1 aromatic heterocycles. The van der Waals surface area contributed by atoms with Crippen molar-refractivity contribution >= 4 is 5.69 Å². The predicted molar refractivity (Wildman–Crippen MR) is 64.6 cm³/mol. The highest BCUT2D eigenvalue weighted by Crippen LogP contribution is 2.17. The first-order valence-corrected chi connectivity index (χ1v) is 5.69. The van der Waals surface area contributed by atoms with Crippen molar-refractivity contribution in [2.75, 3.05) is 24.6 Å². The fraction of sp³-hybridized carbons (Fsp3) is 0.500. The van der Waals surface area contributed by atoms with Crippen LogP contribution in [0.2, 0.25) is 0 Å². The Balaban J connectivity index is 2.08. The molecule has 1 saturated heterocycles. The van der Waals surface area contributed by atoms with E-state index in [4.69, 9.17) is 15.7 Å². The van der Waals surface area contributed by atoms with Gasteiger partial charge in [0.05, 0.1) is 24.6 Å². The summed E-state index contributed by atoms with van der Waals surface area (Å²) in [6.45, 7) is 4.22. The summed E-state index contributed by atoms with van der Waals surface area (Å²) in [4.78, 5) is 6.25. The molecule has 5 heteroatoms. The van der Waals surface area contributed by atoms with E-state index in [9.17, 15) is 0 Å². The second-order valence-electron chi connectivity index (χ2n) is 4.23. The third-order valence-electron chi connectivity index (χ3n) is 2.91. The number of hydrogen-bond acceptors (Lipinski definition) is 5. The number of ether oxygens (including phenoxy) is 1. The maximum atomic E-state index is 8.69. The SMILES string of the molecule is CC(N)C1CN(c2ccc(C#N)nc2)CCO1. The van der Waals surface area contributed by atoms with E-state index in [0.717, 1.165) is 18.8 Å². The Kier molecular flexibility index (Phi) is 3.57. The first-order valence-electron chi connectivity index (χ1n) is 5.69. The summed E-state index contributed by atoms with van der Waals surface area (Å²) in [6, 6.07) is 5.67. The average molecular weight is 232 g/mol. The van der Waals surface area contributed by atoms with Gasteiger partial charge in [0.25, 0.3) is 0 Å². The molecule has 0 radical (unpaired) electrons. The van der Waals surface area contributed by atoms with Gasteiger partial charge in [-0.05, 0) is 19.1 Å². The Hall–Kier alpha value is -1.64. The lowest BCUT2D eigenvalue weighted by Crippen LogP contribution is -2.49. The molecule has 0 aromatic carbocycles. The molecule has 1 aliphatic rings. The highest BCUT2D eigenvalue weighted by molar-refractivity contribution is 5.46. The van der Waals surface area contributed by atoms with Crippen molar-refractivity contribution in [3.8, 4) is 6.07 Å². The first kappa shape index (κ1) is 11.8. The van der Waals surface area contributed by atoms with Crippen molar-refractivity contribution in [3.05, 3.63) is 24.0 Å². The third kappa shape index (κ3) is 2.73. The van der Waals surface area contributed by atoms with E-state index in [1.54, 1.807) is 12.3 Å². The molecule has 0 bridgehead atoms. The van der Waals surface area contributed by atoms with Crippen molar-refractivity contribution < 1.29 is 4.74 Å². The fourth-order valence-corrected chi connectivity index (χ4v) is 1.87. The van der Waals surface area contributed by atoms with Gasteiger partial charge in [-0.2, -0.15) is 5.26 Å². The molecule has 2 unspecified atom stereocenters. The number of pyridine rings is 1. The van der Waals surface area contributed by atoms with Crippen LogP contribution >= 0.6 is 0 Å². The average Bonchev–Trinajstić information content (AvgIpc) is 2.39. The molecule has 5 nitrogen and oxygen atoms in total. The number of nitriles is 1. The minimum atomic E-state index is 0.0177. The monoisotopic (exact) mass is 232 g/mol. The lowest BCUT2D eigenvalue weighted by molar-refractivity contribution is 0.0276. The number of anilines is 1. The summed E-state index contributed by atoms with van der Waals surface area (Å²) in [6.07, 6.45) is 1.78. The molecule has 0 saturated carbocycles. The molecular formula is C12H16N4O. The second-order valence-corrected chi connectivity index (χ2v) is 4.23. The standard InChI is InChI=1S/C12H16N4O/c1-9(14)12-8-16(4-5-17-12)11-3-2-10(6-13)15-7-11/h2-3,7,9,12H,4-5,8,14H2,1H3. The van der Waals surface area contributed by atoms with Crippen molar-refractivity contribution in [2.24, 2.45) is 5.73 Å². The Bertz CT molecular complexity index is 410. The number of aromatic nitrogens is 1. The zero-order valence-corrected chi connectivity index (χ0v) is 9.84. The number of nitrogens with zero attached hydrogens (tertiary/aromatic N) is 3. The van der Waals surface area contributed by atoms with Crippen LogP contribution in [0, 0.1) is 11.3 Å². The van der Waals surface area contributed by atoms with Crippen molar-refractivity contribution in [3.63, 3.8) is 0 Å². The van der Waals surface area contributed by atoms with Crippen LogP contribution in [0.4, 0.5) is 5.69 Å². The molecule has 2 heterocycles. The number of hydrogen-bond donors (Lipinski definition) is 1. The van der Waals surface area contributed by atoms with Crippen LogP contribution in [-0.2, 0) is 4.74 Å². The maximum Gasteiger partial charge on any atom is 0.140 e. The van der Waals surface area contributed by atoms with Crippen LogP contribution in [0.1, 0.15) is 12.6 Å². The van der Waals surface area contributed by atoms with E-state index in [1.165, 1.54) is 0 Å². The zero-order chi connectivity index (χ0) is 12.3. The highest BCUT2D eigenvalue weighted by Gasteiger charge is 2.23. The molecule has 0 amide bonds. The highest BCUT2D eigenvalue weighted by atomic mass is 16.5. The predicted octanol–water partition coefficient (Wildman–Crippen LogP) is 0.506. The topological polar surface area (TPSA) is 75.2 Å². The van der Waals surface area contributed by atoms with Gasteiger partial charge < -0.3 is 15.4 Å². The maximum absolute atomic E-state index is 8.69. The minimum Gasteiger partial charge on any atom is -0.373 e. The molecule has 1 aliphatic heterocycles. The summed E-state index contributed by atoms with van der Waals surface area (Å²) in [5.41, 5.74) is 7.29. The van der Waals surface area contributed by atoms with E-state index in [1.807, 2.05) is 19.1 Å². The Morgan fingerprint density at radius 3 is 3.06 bits per heavy atom. The van der Waals surface area contributed by atoms with Gasteiger partial charge in [0.1, 0.15) is 11.8 Å². The van der Waals surface area contributed by atoms with Crippen LogP contribution in [-0.4, -0.2) is 36.8 Å². The Morgan fingerprint density at radius 2 is 2.47 bits per heavy atom. The van der Waals surface area contributed by atoms with Gasteiger partial charge in [0.15, 0.2) is 0 Å². The normalized spacial score (nSPS) is 21.9. The molecule has 0 spiro atoms. The molecule has 1 fully saturated rings. The smallest absolute Gasteiger partial charge is 0.140 e. The van der Waals surface area contributed by atoms with Gasteiger partial charge in [0, 0.05) is 19.1 Å². The van der Waals surface area contributed by atoms with Crippen LogP contribution in [0.3, 0.4) is 0 Å². The van der Waals surface area contributed by atoms with Crippen LogP contribution in [0.5, 0.6) is 0 Å². The molecule has 2 rings (SSSR count). The van der Waals surface area contributed by atoms with Crippen molar-refractivity contribution in [1.29, 1.82) is 5.26 Å². The lowest BCUT2D eigenvalue weighted by atomic mass is 10.1. The molecule has 1 aromatic rings. The van der Waals surface area contributed by atoms with E-state index < -0.39 is 0 Å². The van der Waals surface area contributed by atoms with E-state index in [0.29, 0.717) is 12.3 Å². The summed E-state index contributed by atoms with van der Waals surface area (Å²) in [5, 5.41) is 8.69. The number of morpholine rings is 1. The molecular weight excluding hydrogens is 216 g/mol. The summed E-state index contributed by atoms with van der Waals surface area (Å²) in [5.74, 6) is 0. The van der Waals surface area contributed by atoms with E-state index in [-0.39, 0.29) is 12.1 Å². The molecule has 17 heavy (non-hydrogen) atoms. The number of nitrogens with two attached hydrogens (primary N) is 1. The quantitative estimate of drug-likeness (QED) is 0.804. The van der Waals surface area contributed by atoms with Crippen molar-refractivity contribution in [2.45, 2.75) is 19.1 Å². The Labute approximate surface area is 101 Å². The largest absolute Gasteiger partial charge is 0.373 e. The van der Waals surface area contributed by atoms with Crippen molar-refractivity contribution in [1.82, 2.24) is 4.98 Å². The van der Waals surface area contributed by atoms with Gasteiger partial charge in [-0.3, -0.25) is 0 Å². The van der Waals surface area contributed by atoms with Gasteiger partial charge >= 0.3 is 0 Å². The summed E-state index contributed by atoms with van der Waals surface area (Å²) < 4.78 is 5.60. The van der Waals surface area contributed by atoms with E-state index in [2.05, 4.69) is 9.88 Å². The molecule has 0 aliphatic carbocycles. The summed E-state index contributed by atoms with van der Waals surface area (Å²) in [7, 11) is 0. The fourth-order valence-electron chi connectivity index (χ4n) is 1.87. The van der Waals surface area contributed by atoms with Crippen LogP contribution in [0.15, 0.2) is 18.3 Å². The van der Waals surface area contributed by atoms with Crippen LogP contribution < -0.4 is 10.6 Å². The first-order chi connectivity index (χ1) is 8.20. The molecule has 90 valence electrons. The van der Waals surface area contributed by atoms with Gasteiger partial charge in [-0.15, -0.1) is 0 Å².